The Labute approximate surface area is 126 Å². The zero-order valence-corrected chi connectivity index (χ0v) is 12.3. The van der Waals surface area contributed by atoms with Crippen LogP contribution in [0.4, 0.5) is 0 Å². The lowest BCUT2D eigenvalue weighted by atomic mass is 10.1. The molecule has 0 aromatic carbocycles. The van der Waals surface area contributed by atoms with E-state index < -0.39 is 5.91 Å². The highest BCUT2D eigenvalue weighted by molar-refractivity contribution is 7.17. The van der Waals surface area contributed by atoms with Crippen molar-refractivity contribution in [2.75, 3.05) is 6.61 Å². The fourth-order valence-corrected chi connectivity index (χ4v) is 3.27. The van der Waals surface area contributed by atoms with E-state index >= 15 is 0 Å². The molecule has 0 radical (unpaired) electrons. The molecule has 6 nitrogen and oxygen atoms in total. The third-order valence-electron chi connectivity index (χ3n) is 3.49. The Bertz CT molecular complexity index is 617. The van der Waals surface area contributed by atoms with Gasteiger partial charge in [-0.25, -0.2) is 5.48 Å². The van der Waals surface area contributed by atoms with Crippen molar-refractivity contribution in [1.29, 1.82) is 0 Å². The molecule has 1 aliphatic heterocycles. The van der Waals surface area contributed by atoms with E-state index in [1.54, 1.807) is 11.5 Å². The van der Waals surface area contributed by atoms with E-state index in [9.17, 15) is 4.79 Å². The summed E-state index contributed by atoms with van der Waals surface area (Å²) in [6, 6.07) is 5.43. The zero-order chi connectivity index (χ0) is 14.7. The van der Waals surface area contributed by atoms with E-state index in [1.807, 2.05) is 23.0 Å². The third kappa shape index (κ3) is 3.31. The Balaban J connectivity index is 1.69. The number of carbonyl (C=O) groups is 1. The van der Waals surface area contributed by atoms with Crippen LogP contribution < -0.4 is 5.48 Å². The van der Waals surface area contributed by atoms with Gasteiger partial charge in [0.15, 0.2) is 0 Å². The minimum atomic E-state index is -0.499. The number of nitrogens with zero attached hydrogens (tertiary/aromatic N) is 2. The van der Waals surface area contributed by atoms with Gasteiger partial charge in [-0.3, -0.25) is 14.7 Å². The molecule has 21 heavy (non-hydrogen) atoms. The molecule has 112 valence electrons. The minimum absolute atomic E-state index is 0.241. The molecular formula is C14H17N3O3S. The van der Waals surface area contributed by atoms with E-state index in [2.05, 4.69) is 5.10 Å². The van der Waals surface area contributed by atoms with E-state index in [0.717, 1.165) is 36.6 Å². The summed E-state index contributed by atoms with van der Waals surface area (Å²) in [6.45, 7) is 1.60. The number of thiophene rings is 1. The van der Waals surface area contributed by atoms with Crippen molar-refractivity contribution in [1.82, 2.24) is 15.3 Å². The quantitative estimate of drug-likeness (QED) is 0.671. The topological polar surface area (TPSA) is 76.4 Å². The fraction of sp³-hybridized carbons (Fsp3) is 0.429. The van der Waals surface area contributed by atoms with E-state index in [1.165, 1.54) is 17.8 Å². The second-order valence-electron chi connectivity index (χ2n) is 5.02. The first-order chi connectivity index (χ1) is 10.3. The van der Waals surface area contributed by atoms with Gasteiger partial charge in [0.2, 0.25) is 0 Å². The zero-order valence-electron chi connectivity index (χ0n) is 11.5. The molecule has 3 heterocycles. The van der Waals surface area contributed by atoms with Crippen molar-refractivity contribution < 1.29 is 14.7 Å². The first-order valence-corrected chi connectivity index (χ1v) is 7.77. The molecular weight excluding hydrogens is 290 g/mol. The van der Waals surface area contributed by atoms with Crippen LogP contribution in [0.2, 0.25) is 0 Å². The molecule has 1 aliphatic rings. The lowest BCUT2D eigenvalue weighted by Gasteiger charge is -2.22. The predicted octanol–water partition coefficient (Wildman–Crippen LogP) is 2.30. The summed E-state index contributed by atoms with van der Waals surface area (Å²) in [5.74, 6) is -0.499. The van der Waals surface area contributed by atoms with Crippen LogP contribution >= 0.6 is 11.3 Å². The summed E-state index contributed by atoms with van der Waals surface area (Å²) in [6.07, 6.45) is 5.61. The van der Waals surface area contributed by atoms with Crippen LogP contribution in [0.5, 0.6) is 0 Å². The number of hydroxylamine groups is 1. The second-order valence-corrected chi connectivity index (χ2v) is 6.10. The predicted molar refractivity (Wildman–Crippen MR) is 78.4 cm³/mol. The van der Waals surface area contributed by atoms with Crippen molar-refractivity contribution in [3.05, 3.63) is 29.3 Å². The van der Waals surface area contributed by atoms with Crippen molar-refractivity contribution in [3.8, 4) is 10.6 Å². The van der Waals surface area contributed by atoms with Gasteiger partial charge in [-0.15, -0.1) is 11.3 Å². The average Bonchev–Trinajstić information content (AvgIpc) is 3.16. The van der Waals surface area contributed by atoms with Gasteiger partial charge in [-0.05, 0) is 37.5 Å². The maximum absolute atomic E-state index is 11.3. The fourth-order valence-electron chi connectivity index (χ4n) is 2.41. The molecule has 0 bridgehead atoms. The number of rotatable bonds is 4. The second kappa shape index (κ2) is 6.38. The van der Waals surface area contributed by atoms with Crippen molar-refractivity contribution in [2.24, 2.45) is 0 Å². The van der Waals surface area contributed by atoms with Gasteiger partial charge in [0.25, 0.3) is 5.91 Å². The minimum Gasteiger partial charge on any atom is -0.376 e. The molecule has 3 rings (SSSR count). The standard InChI is InChI=1S/C14H17N3O3S/c18-14(16-19)13-5-4-12(21-13)11-6-7-17(15-11)9-10-3-1-2-8-20-10/h4-7,10,19H,1-3,8-9H2,(H,16,18). The number of hydrogen-bond donors (Lipinski definition) is 2. The molecule has 1 atom stereocenters. The van der Waals surface area contributed by atoms with Gasteiger partial charge in [0, 0.05) is 12.8 Å². The largest absolute Gasteiger partial charge is 0.376 e. The summed E-state index contributed by atoms with van der Waals surface area (Å²) in [7, 11) is 0. The average molecular weight is 307 g/mol. The molecule has 1 amide bonds. The Morgan fingerprint density at radius 3 is 3.14 bits per heavy atom. The van der Waals surface area contributed by atoms with Crippen LogP contribution in [0.1, 0.15) is 28.9 Å². The molecule has 2 aromatic rings. The van der Waals surface area contributed by atoms with E-state index in [-0.39, 0.29) is 6.10 Å². The lowest BCUT2D eigenvalue weighted by Crippen LogP contribution is -2.24. The van der Waals surface area contributed by atoms with Gasteiger partial charge < -0.3 is 4.74 Å². The van der Waals surface area contributed by atoms with Crippen LogP contribution in [0.15, 0.2) is 24.4 Å². The Kier molecular flexibility index (Phi) is 4.33. The number of nitrogens with one attached hydrogen (secondary N) is 1. The molecule has 0 saturated carbocycles. The van der Waals surface area contributed by atoms with Crippen molar-refractivity contribution in [2.45, 2.75) is 31.9 Å². The van der Waals surface area contributed by atoms with Gasteiger partial charge >= 0.3 is 0 Å². The SMILES string of the molecule is O=C(NO)c1ccc(-c2ccn(CC3CCCCO3)n2)s1. The summed E-state index contributed by atoms with van der Waals surface area (Å²) < 4.78 is 7.59. The number of amides is 1. The van der Waals surface area contributed by atoms with Crippen molar-refractivity contribution in [3.63, 3.8) is 0 Å². The highest BCUT2D eigenvalue weighted by Crippen LogP contribution is 2.27. The van der Waals surface area contributed by atoms with Crippen LogP contribution in [0, 0.1) is 0 Å². The highest BCUT2D eigenvalue weighted by atomic mass is 32.1. The maximum Gasteiger partial charge on any atom is 0.284 e. The number of carbonyl (C=O) groups excluding carboxylic acids is 1. The van der Waals surface area contributed by atoms with E-state index in [0.29, 0.717) is 4.88 Å². The molecule has 7 heteroatoms. The molecule has 2 aromatic heterocycles. The molecule has 1 fully saturated rings. The van der Waals surface area contributed by atoms with Crippen LogP contribution in [0.25, 0.3) is 10.6 Å². The van der Waals surface area contributed by atoms with E-state index in [4.69, 9.17) is 9.94 Å². The van der Waals surface area contributed by atoms with Gasteiger partial charge in [-0.2, -0.15) is 5.10 Å². The number of hydrogen-bond acceptors (Lipinski definition) is 5. The monoisotopic (exact) mass is 307 g/mol. The molecule has 1 saturated heterocycles. The Hall–Kier alpha value is -1.70. The Morgan fingerprint density at radius 1 is 1.48 bits per heavy atom. The smallest absolute Gasteiger partial charge is 0.284 e. The molecule has 0 aliphatic carbocycles. The van der Waals surface area contributed by atoms with Crippen molar-refractivity contribution >= 4 is 17.2 Å². The molecule has 0 spiro atoms. The maximum atomic E-state index is 11.3. The first kappa shape index (κ1) is 14.2. The van der Waals surface area contributed by atoms with Gasteiger partial charge in [-0.1, -0.05) is 0 Å². The Morgan fingerprint density at radius 2 is 2.38 bits per heavy atom. The van der Waals surface area contributed by atoms with Crippen LogP contribution in [0.3, 0.4) is 0 Å². The number of ether oxygens (including phenoxy) is 1. The highest BCUT2D eigenvalue weighted by Gasteiger charge is 2.16. The third-order valence-corrected chi connectivity index (χ3v) is 4.60. The summed E-state index contributed by atoms with van der Waals surface area (Å²) in [5.41, 5.74) is 2.46. The number of aromatic nitrogens is 2. The molecule has 2 N–H and O–H groups in total. The lowest BCUT2D eigenvalue weighted by molar-refractivity contribution is 0.00403. The van der Waals surface area contributed by atoms with Crippen LogP contribution in [-0.2, 0) is 11.3 Å². The summed E-state index contributed by atoms with van der Waals surface area (Å²) in [4.78, 5) is 12.7. The van der Waals surface area contributed by atoms with Gasteiger partial charge in [0.05, 0.1) is 22.4 Å². The molecule has 1 unspecified atom stereocenters. The summed E-state index contributed by atoms with van der Waals surface area (Å²) in [5, 5.41) is 13.2. The van der Waals surface area contributed by atoms with Crippen LogP contribution in [-0.4, -0.2) is 33.6 Å². The first-order valence-electron chi connectivity index (χ1n) is 6.96. The normalized spacial score (nSPS) is 18.6. The van der Waals surface area contributed by atoms with Gasteiger partial charge in [0.1, 0.15) is 5.69 Å². The summed E-state index contributed by atoms with van der Waals surface area (Å²) >= 11 is 1.30.